The van der Waals surface area contributed by atoms with Gasteiger partial charge < -0.3 is 14.5 Å². The van der Waals surface area contributed by atoms with Gasteiger partial charge in [-0.1, -0.05) is 25.1 Å². The molecule has 6 heteroatoms. The molecule has 0 atom stereocenters. The standard InChI is InChI=1S/C20H31N3O3/c1-4-17-9-7-8-10-18(17)26-16-20(25)23-13-11-21(12-14-23)15-19(24)22(5-2)6-3/h7-10H,4-6,11-16H2,1-3H3. The number of carbonyl (C=O) groups is 2. The van der Waals surface area contributed by atoms with Gasteiger partial charge in [0.1, 0.15) is 5.75 Å². The number of benzene rings is 1. The Kier molecular flexibility index (Phi) is 7.91. The Hall–Kier alpha value is -2.08. The van der Waals surface area contributed by atoms with Crippen molar-refractivity contribution in [2.45, 2.75) is 27.2 Å². The molecule has 26 heavy (non-hydrogen) atoms. The van der Waals surface area contributed by atoms with Gasteiger partial charge in [-0.2, -0.15) is 0 Å². The third kappa shape index (κ3) is 5.46. The number of ether oxygens (including phenoxy) is 1. The SMILES string of the molecule is CCc1ccccc1OCC(=O)N1CCN(CC(=O)N(CC)CC)CC1. The van der Waals surface area contributed by atoms with E-state index in [1.807, 2.05) is 47.9 Å². The van der Waals surface area contributed by atoms with E-state index < -0.39 is 0 Å². The Bertz CT molecular complexity index is 594. The number of aryl methyl sites for hydroxylation is 1. The summed E-state index contributed by atoms with van der Waals surface area (Å²) in [5.41, 5.74) is 1.11. The number of amides is 2. The average molecular weight is 361 g/mol. The van der Waals surface area contributed by atoms with Crippen LogP contribution >= 0.6 is 0 Å². The van der Waals surface area contributed by atoms with Crippen LogP contribution in [0.15, 0.2) is 24.3 Å². The Morgan fingerprint density at radius 3 is 2.31 bits per heavy atom. The summed E-state index contributed by atoms with van der Waals surface area (Å²) in [6.07, 6.45) is 0.879. The maximum Gasteiger partial charge on any atom is 0.260 e. The van der Waals surface area contributed by atoms with Crippen molar-refractivity contribution in [2.75, 3.05) is 52.4 Å². The number of nitrogens with zero attached hydrogens (tertiary/aromatic N) is 3. The van der Waals surface area contributed by atoms with E-state index in [1.165, 1.54) is 0 Å². The van der Waals surface area contributed by atoms with Crippen LogP contribution in [0.4, 0.5) is 0 Å². The molecule has 1 aromatic rings. The molecule has 1 heterocycles. The minimum atomic E-state index is 0.00521. The first-order chi connectivity index (χ1) is 12.6. The van der Waals surface area contributed by atoms with Crippen molar-refractivity contribution in [3.8, 4) is 5.75 Å². The van der Waals surface area contributed by atoms with Gasteiger partial charge in [-0.3, -0.25) is 14.5 Å². The van der Waals surface area contributed by atoms with Crippen molar-refractivity contribution in [2.24, 2.45) is 0 Å². The number of rotatable bonds is 8. The lowest BCUT2D eigenvalue weighted by Crippen LogP contribution is -2.52. The van der Waals surface area contributed by atoms with E-state index in [-0.39, 0.29) is 18.4 Å². The quantitative estimate of drug-likeness (QED) is 0.706. The van der Waals surface area contributed by atoms with Gasteiger partial charge in [-0.15, -0.1) is 0 Å². The number of likely N-dealkylation sites (N-methyl/N-ethyl adjacent to an activating group) is 1. The second kappa shape index (κ2) is 10.2. The number of hydrogen-bond donors (Lipinski definition) is 0. The van der Waals surface area contributed by atoms with Crippen LogP contribution in [-0.2, 0) is 16.0 Å². The predicted octanol–water partition coefficient (Wildman–Crippen LogP) is 1.64. The van der Waals surface area contributed by atoms with Crippen molar-refractivity contribution in [3.63, 3.8) is 0 Å². The molecule has 0 unspecified atom stereocenters. The molecule has 1 aromatic carbocycles. The zero-order valence-electron chi connectivity index (χ0n) is 16.2. The molecule has 0 N–H and O–H groups in total. The van der Waals surface area contributed by atoms with Gasteiger partial charge in [0.25, 0.3) is 5.91 Å². The van der Waals surface area contributed by atoms with Crippen LogP contribution in [0.1, 0.15) is 26.3 Å². The topological polar surface area (TPSA) is 53.1 Å². The van der Waals surface area contributed by atoms with Gasteiger partial charge in [-0.05, 0) is 31.9 Å². The van der Waals surface area contributed by atoms with E-state index in [4.69, 9.17) is 4.74 Å². The van der Waals surface area contributed by atoms with E-state index in [9.17, 15) is 9.59 Å². The van der Waals surface area contributed by atoms with Crippen molar-refractivity contribution >= 4 is 11.8 Å². The molecule has 2 rings (SSSR count). The Morgan fingerprint density at radius 2 is 1.69 bits per heavy atom. The van der Waals surface area contributed by atoms with E-state index in [0.717, 1.165) is 43.9 Å². The van der Waals surface area contributed by atoms with Crippen LogP contribution in [-0.4, -0.2) is 78.9 Å². The van der Waals surface area contributed by atoms with Gasteiger partial charge in [0, 0.05) is 39.3 Å². The fourth-order valence-electron chi connectivity index (χ4n) is 3.19. The zero-order chi connectivity index (χ0) is 18.9. The minimum absolute atomic E-state index is 0.00521. The van der Waals surface area contributed by atoms with E-state index in [1.54, 1.807) is 0 Å². The first-order valence-corrected chi connectivity index (χ1v) is 9.57. The third-order valence-corrected chi connectivity index (χ3v) is 4.90. The molecule has 0 aromatic heterocycles. The van der Waals surface area contributed by atoms with E-state index in [2.05, 4.69) is 11.8 Å². The molecule has 144 valence electrons. The van der Waals surface area contributed by atoms with Crippen LogP contribution in [0.25, 0.3) is 0 Å². The number of para-hydroxylation sites is 1. The Morgan fingerprint density at radius 1 is 1.04 bits per heavy atom. The maximum atomic E-state index is 12.4. The largest absolute Gasteiger partial charge is 0.483 e. The number of hydrogen-bond acceptors (Lipinski definition) is 4. The monoisotopic (exact) mass is 361 g/mol. The zero-order valence-corrected chi connectivity index (χ0v) is 16.2. The molecule has 0 aliphatic carbocycles. The molecule has 1 aliphatic heterocycles. The smallest absolute Gasteiger partial charge is 0.260 e. The lowest BCUT2D eigenvalue weighted by molar-refractivity contribution is -0.136. The summed E-state index contributed by atoms with van der Waals surface area (Å²) in [6, 6.07) is 7.82. The Balaban J connectivity index is 1.77. The van der Waals surface area contributed by atoms with Crippen molar-refractivity contribution in [1.82, 2.24) is 14.7 Å². The summed E-state index contributed by atoms with van der Waals surface area (Å²) in [7, 11) is 0. The predicted molar refractivity (Wildman–Crippen MR) is 102 cm³/mol. The van der Waals surface area contributed by atoms with Crippen molar-refractivity contribution in [3.05, 3.63) is 29.8 Å². The average Bonchev–Trinajstić information content (AvgIpc) is 2.67. The molecule has 0 bridgehead atoms. The van der Waals surface area contributed by atoms with E-state index in [0.29, 0.717) is 19.6 Å². The van der Waals surface area contributed by atoms with Crippen molar-refractivity contribution in [1.29, 1.82) is 0 Å². The van der Waals surface area contributed by atoms with Gasteiger partial charge >= 0.3 is 0 Å². The third-order valence-electron chi connectivity index (χ3n) is 4.90. The lowest BCUT2D eigenvalue weighted by Gasteiger charge is -2.35. The summed E-state index contributed by atoms with van der Waals surface area (Å²) in [6.45, 7) is 10.8. The highest BCUT2D eigenvalue weighted by Crippen LogP contribution is 2.18. The molecule has 1 fully saturated rings. The van der Waals surface area contributed by atoms with Gasteiger partial charge in [0.15, 0.2) is 6.61 Å². The second-order valence-electron chi connectivity index (χ2n) is 6.47. The van der Waals surface area contributed by atoms with Gasteiger partial charge in [0.05, 0.1) is 6.54 Å². The summed E-state index contributed by atoms with van der Waals surface area (Å²) >= 11 is 0. The van der Waals surface area contributed by atoms with E-state index >= 15 is 0 Å². The number of carbonyl (C=O) groups excluding carboxylic acids is 2. The van der Waals surface area contributed by atoms with Gasteiger partial charge in [0.2, 0.25) is 5.91 Å². The van der Waals surface area contributed by atoms with Crippen LogP contribution < -0.4 is 4.74 Å². The Labute approximate surface area is 156 Å². The summed E-state index contributed by atoms with van der Waals surface area (Å²) in [5, 5.41) is 0. The first-order valence-electron chi connectivity index (χ1n) is 9.57. The molecule has 0 spiro atoms. The molecular formula is C20H31N3O3. The highest BCUT2D eigenvalue weighted by atomic mass is 16.5. The van der Waals surface area contributed by atoms with Gasteiger partial charge in [-0.25, -0.2) is 0 Å². The lowest BCUT2D eigenvalue weighted by atomic mass is 10.1. The fourth-order valence-corrected chi connectivity index (χ4v) is 3.19. The highest BCUT2D eigenvalue weighted by molar-refractivity contribution is 5.79. The highest BCUT2D eigenvalue weighted by Gasteiger charge is 2.23. The summed E-state index contributed by atoms with van der Waals surface area (Å²) in [4.78, 5) is 30.4. The molecule has 2 amide bonds. The van der Waals surface area contributed by atoms with Crippen molar-refractivity contribution < 1.29 is 14.3 Å². The molecule has 1 aliphatic rings. The molecular weight excluding hydrogens is 330 g/mol. The fraction of sp³-hybridized carbons (Fsp3) is 0.600. The maximum absolute atomic E-state index is 12.4. The molecule has 0 saturated carbocycles. The van der Waals surface area contributed by atoms with Crippen LogP contribution in [0.2, 0.25) is 0 Å². The second-order valence-corrected chi connectivity index (χ2v) is 6.47. The minimum Gasteiger partial charge on any atom is -0.483 e. The van der Waals surface area contributed by atoms with Crippen LogP contribution in [0.5, 0.6) is 5.75 Å². The normalized spacial score (nSPS) is 15.0. The van der Waals surface area contributed by atoms with Crippen LogP contribution in [0.3, 0.4) is 0 Å². The first kappa shape index (κ1) is 20.2. The molecule has 0 radical (unpaired) electrons. The number of piperazine rings is 1. The summed E-state index contributed by atoms with van der Waals surface area (Å²) < 4.78 is 5.73. The molecule has 1 saturated heterocycles. The molecule has 6 nitrogen and oxygen atoms in total. The summed E-state index contributed by atoms with van der Waals surface area (Å²) in [5.74, 6) is 0.951. The van der Waals surface area contributed by atoms with Crippen LogP contribution in [0, 0.1) is 0 Å².